The summed E-state index contributed by atoms with van der Waals surface area (Å²) >= 11 is 0. The van der Waals surface area contributed by atoms with Gasteiger partial charge in [0.1, 0.15) is 0 Å². The molecule has 1 N–H and O–H groups in total. The highest BCUT2D eigenvalue weighted by molar-refractivity contribution is 5.18. The van der Waals surface area contributed by atoms with E-state index in [1.807, 2.05) is 0 Å². The van der Waals surface area contributed by atoms with Gasteiger partial charge in [-0.25, -0.2) is 0 Å². The second-order valence-corrected chi connectivity index (χ2v) is 5.77. The van der Waals surface area contributed by atoms with Gasteiger partial charge in [0, 0.05) is 18.6 Å². The van der Waals surface area contributed by atoms with Gasteiger partial charge >= 0.3 is 0 Å². The van der Waals surface area contributed by atoms with Gasteiger partial charge in [0.25, 0.3) is 0 Å². The van der Waals surface area contributed by atoms with Gasteiger partial charge in [0.2, 0.25) is 0 Å². The van der Waals surface area contributed by atoms with Crippen LogP contribution in [0.2, 0.25) is 0 Å². The van der Waals surface area contributed by atoms with Crippen molar-refractivity contribution in [2.45, 2.75) is 51.1 Å². The van der Waals surface area contributed by atoms with Crippen LogP contribution in [0.4, 0.5) is 0 Å². The third kappa shape index (κ3) is 4.32. The van der Waals surface area contributed by atoms with Gasteiger partial charge in [-0.05, 0) is 45.3 Å². The van der Waals surface area contributed by atoms with Gasteiger partial charge in [0.15, 0.2) is 0 Å². The molecule has 0 aromatic heterocycles. The van der Waals surface area contributed by atoms with Crippen LogP contribution < -0.4 is 5.32 Å². The van der Waals surface area contributed by atoms with Crippen molar-refractivity contribution < 1.29 is 0 Å². The molecule has 0 amide bonds. The van der Waals surface area contributed by atoms with Crippen molar-refractivity contribution in [3.63, 3.8) is 0 Å². The van der Waals surface area contributed by atoms with E-state index >= 15 is 0 Å². The van der Waals surface area contributed by atoms with Gasteiger partial charge in [-0.1, -0.05) is 43.2 Å². The first-order valence-corrected chi connectivity index (χ1v) is 7.77. The summed E-state index contributed by atoms with van der Waals surface area (Å²) in [5.41, 5.74) is 1.41. The molecule has 2 nitrogen and oxygen atoms in total. The maximum atomic E-state index is 3.46. The second kappa shape index (κ2) is 7.66. The van der Waals surface area contributed by atoms with Crippen LogP contribution in [0.15, 0.2) is 30.3 Å². The maximum Gasteiger partial charge on any atom is 0.0329 e. The highest BCUT2D eigenvalue weighted by atomic mass is 15.1. The molecule has 2 unspecified atom stereocenters. The van der Waals surface area contributed by atoms with Crippen molar-refractivity contribution in [3.05, 3.63) is 35.9 Å². The number of rotatable bonds is 5. The lowest BCUT2D eigenvalue weighted by Gasteiger charge is -2.29. The molecule has 0 bridgehead atoms. The molecule has 2 atom stereocenters. The van der Waals surface area contributed by atoms with Gasteiger partial charge in [0.05, 0.1) is 0 Å². The number of nitrogens with zero attached hydrogens (tertiary/aromatic N) is 1. The van der Waals surface area contributed by atoms with Crippen LogP contribution in [-0.4, -0.2) is 31.1 Å². The number of hydrogen-bond acceptors (Lipinski definition) is 2. The zero-order valence-electron chi connectivity index (χ0n) is 12.4. The molecule has 19 heavy (non-hydrogen) atoms. The molecular formula is C17H28N2. The van der Waals surface area contributed by atoms with E-state index in [0.29, 0.717) is 6.04 Å². The minimum Gasteiger partial charge on any atom is -0.313 e. The molecule has 0 aliphatic carbocycles. The summed E-state index contributed by atoms with van der Waals surface area (Å²) in [7, 11) is 2.07. The molecule has 1 aliphatic heterocycles. The van der Waals surface area contributed by atoms with Gasteiger partial charge in [-0.15, -0.1) is 0 Å². The maximum absolute atomic E-state index is 3.46. The van der Waals surface area contributed by atoms with Gasteiger partial charge in [-0.2, -0.15) is 0 Å². The van der Waals surface area contributed by atoms with Crippen molar-refractivity contribution in [1.29, 1.82) is 0 Å². The Morgan fingerprint density at radius 1 is 1.21 bits per heavy atom. The molecule has 1 saturated heterocycles. The third-order valence-corrected chi connectivity index (χ3v) is 4.45. The lowest BCUT2D eigenvalue weighted by molar-refractivity contribution is 0.203. The van der Waals surface area contributed by atoms with Gasteiger partial charge in [-0.3, -0.25) is 0 Å². The smallest absolute Gasteiger partial charge is 0.0329 e. The van der Waals surface area contributed by atoms with Crippen LogP contribution >= 0.6 is 0 Å². The van der Waals surface area contributed by atoms with E-state index in [4.69, 9.17) is 0 Å². The number of likely N-dealkylation sites (tertiary alicyclic amines) is 1. The summed E-state index contributed by atoms with van der Waals surface area (Å²) in [5.74, 6) is 0. The minimum atomic E-state index is 0.483. The Bertz CT molecular complexity index is 350. The van der Waals surface area contributed by atoms with Crippen molar-refractivity contribution in [1.82, 2.24) is 10.2 Å². The predicted molar refractivity (Wildman–Crippen MR) is 82.4 cm³/mol. The van der Waals surface area contributed by atoms with E-state index in [1.54, 1.807) is 0 Å². The Kier molecular flexibility index (Phi) is 5.87. The minimum absolute atomic E-state index is 0.483. The third-order valence-electron chi connectivity index (χ3n) is 4.45. The fraction of sp³-hybridized carbons (Fsp3) is 0.647. The highest BCUT2D eigenvalue weighted by Crippen LogP contribution is 2.20. The van der Waals surface area contributed by atoms with E-state index in [2.05, 4.69) is 54.5 Å². The molecule has 1 aliphatic rings. The van der Waals surface area contributed by atoms with Crippen LogP contribution in [0.5, 0.6) is 0 Å². The van der Waals surface area contributed by atoms with Crippen LogP contribution in [0.25, 0.3) is 0 Å². The van der Waals surface area contributed by atoms with Crippen molar-refractivity contribution in [3.8, 4) is 0 Å². The Balaban J connectivity index is 1.88. The topological polar surface area (TPSA) is 15.3 Å². The first-order chi connectivity index (χ1) is 9.31. The first kappa shape index (κ1) is 14.5. The molecule has 0 spiro atoms. The lowest BCUT2D eigenvalue weighted by atomic mass is 10.0. The quantitative estimate of drug-likeness (QED) is 0.870. The van der Waals surface area contributed by atoms with Crippen LogP contribution in [0.1, 0.15) is 50.6 Å². The molecule has 1 aromatic carbocycles. The molecule has 0 saturated carbocycles. The van der Waals surface area contributed by atoms with Crippen LogP contribution in [0, 0.1) is 0 Å². The predicted octanol–water partition coefficient (Wildman–Crippen LogP) is 3.60. The average Bonchev–Trinajstić information content (AvgIpc) is 2.66. The van der Waals surface area contributed by atoms with E-state index in [9.17, 15) is 0 Å². The summed E-state index contributed by atoms with van der Waals surface area (Å²) < 4.78 is 0. The summed E-state index contributed by atoms with van der Waals surface area (Å²) in [4.78, 5) is 2.68. The Morgan fingerprint density at radius 3 is 2.74 bits per heavy atom. The van der Waals surface area contributed by atoms with Crippen molar-refractivity contribution >= 4 is 0 Å². The van der Waals surface area contributed by atoms with Gasteiger partial charge < -0.3 is 10.2 Å². The van der Waals surface area contributed by atoms with Crippen molar-refractivity contribution in [2.75, 3.05) is 20.1 Å². The molecule has 1 aromatic rings. The first-order valence-electron chi connectivity index (χ1n) is 7.77. The average molecular weight is 260 g/mol. The SMILES string of the molecule is CNC(CCN1CCCCCC1C)c1ccccc1. The second-order valence-electron chi connectivity index (χ2n) is 5.77. The largest absolute Gasteiger partial charge is 0.313 e. The number of benzene rings is 1. The fourth-order valence-electron chi connectivity index (χ4n) is 3.12. The summed E-state index contributed by atoms with van der Waals surface area (Å²) in [6.07, 6.45) is 6.76. The van der Waals surface area contributed by atoms with E-state index < -0.39 is 0 Å². The zero-order valence-corrected chi connectivity index (χ0v) is 12.4. The fourth-order valence-corrected chi connectivity index (χ4v) is 3.12. The zero-order chi connectivity index (χ0) is 13.5. The highest BCUT2D eigenvalue weighted by Gasteiger charge is 2.18. The molecule has 2 rings (SSSR count). The van der Waals surface area contributed by atoms with Crippen LogP contribution in [0.3, 0.4) is 0 Å². The van der Waals surface area contributed by atoms with E-state index in [-0.39, 0.29) is 0 Å². The summed E-state index contributed by atoms with van der Waals surface area (Å²) in [6, 6.07) is 12.1. The molecule has 0 radical (unpaired) electrons. The Morgan fingerprint density at radius 2 is 2.00 bits per heavy atom. The van der Waals surface area contributed by atoms with Crippen LogP contribution in [-0.2, 0) is 0 Å². The van der Waals surface area contributed by atoms with E-state index in [0.717, 1.165) is 6.04 Å². The summed E-state index contributed by atoms with van der Waals surface area (Å²) in [5, 5.41) is 3.46. The monoisotopic (exact) mass is 260 g/mol. The molecule has 1 fully saturated rings. The molecular weight excluding hydrogens is 232 g/mol. The Labute approximate surface area is 118 Å². The van der Waals surface area contributed by atoms with Crippen molar-refractivity contribution in [2.24, 2.45) is 0 Å². The molecule has 106 valence electrons. The number of hydrogen-bond donors (Lipinski definition) is 1. The Hall–Kier alpha value is -0.860. The lowest BCUT2D eigenvalue weighted by Crippen LogP contribution is -2.35. The standard InChI is InChI=1S/C17H28N2/c1-15-9-5-4-8-13-19(15)14-12-17(18-2)16-10-6-3-7-11-16/h3,6-7,10-11,15,17-18H,4-5,8-9,12-14H2,1-2H3. The normalized spacial score (nSPS) is 22.9. The summed E-state index contributed by atoms with van der Waals surface area (Å²) in [6.45, 7) is 4.89. The van der Waals surface area contributed by atoms with E-state index in [1.165, 1.54) is 50.8 Å². The molecule has 1 heterocycles. The number of nitrogens with one attached hydrogen (secondary N) is 1. The molecule has 2 heteroatoms.